The Morgan fingerprint density at radius 3 is 2.94 bits per heavy atom. The monoisotopic (exact) mass is 246 g/mol. The van der Waals surface area contributed by atoms with E-state index in [1.807, 2.05) is 12.1 Å². The number of nitrogens with two attached hydrogens (primary N) is 1. The summed E-state index contributed by atoms with van der Waals surface area (Å²) in [6.45, 7) is 1.55. The van der Waals surface area contributed by atoms with Crippen LogP contribution in [-0.2, 0) is 4.79 Å². The van der Waals surface area contributed by atoms with Crippen LogP contribution in [0.4, 0.5) is 0 Å². The minimum Gasteiger partial charge on any atom is -0.384 e. The lowest BCUT2D eigenvalue weighted by molar-refractivity contribution is -0.109. The van der Waals surface area contributed by atoms with Gasteiger partial charge in [-0.2, -0.15) is 0 Å². The van der Waals surface area contributed by atoms with E-state index in [0.29, 0.717) is 17.7 Å². The molecule has 0 radical (unpaired) electrons. The van der Waals surface area contributed by atoms with E-state index in [4.69, 9.17) is 11.1 Å². The van der Waals surface area contributed by atoms with Gasteiger partial charge in [0.2, 0.25) is 0 Å². The standard InChI is InChI=1S/C13H14N2OS/c1-10(16)17-8-3-2-5-11-6-4-7-12(9-11)13(14)15/h4,6-7,9H,3,8H2,1H3,(H3,14,15). The minimum absolute atomic E-state index is 0.0424. The molecule has 0 spiro atoms. The average molecular weight is 246 g/mol. The van der Waals surface area contributed by atoms with E-state index in [1.165, 1.54) is 11.8 Å². The van der Waals surface area contributed by atoms with Gasteiger partial charge in [0.05, 0.1) is 0 Å². The van der Waals surface area contributed by atoms with E-state index >= 15 is 0 Å². The molecular formula is C13H14N2OS. The summed E-state index contributed by atoms with van der Waals surface area (Å²) in [5.74, 6) is 6.74. The van der Waals surface area contributed by atoms with Crippen molar-refractivity contribution in [2.75, 3.05) is 5.75 Å². The first-order chi connectivity index (χ1) is 8.09. The first-order valence-electron chi connectivity index (χ1n) is 5.16. The lowest BCUT2D eigenvalue weighted by Crippen LogP contribution is -2.10. The highest BCUT2D eigenvalue weighted by molar-refractivity contribution is 8.13. The van der Waals surface area contributed by atoms with Crippen molar-refractivity contribution in [1.29, 1.82) is 5.41 Å². The number of carbonyl (C=O) groups is 1. The van der Waals surface area contributed by atoms with E-state index in [0.717, 1.165) is 5.56 Å². The average Bonchev–Trinajstić information content (AvgIpc) is 2.28. The molecule has 0 aliphatic carbocycles. The maximum atomic E-state index is 10.7. The lowest BCUT2D eigenvalue weighted by atomic mass is 10.1. The third-order valence-corrected chi connectivity index (χ3v) is 2.75. The number of benzene rings is 1. The summed E-state index contributed by atoms with van der Waals surface area (Å²) in [6.07, 6.45) is 0.675. The van der Waals surface area contributed by atoms with Gasteiger partial charge in [0.15, 0.2) is 5.12 Å². The van der Waals surface area contributed by atoms with E-state index in [2.05, 4.69) is 11.8 Å². The van der Waals surface area contributed by atoms with Crippen molar-refractivity contribution in [2.24, 2.45) is 5.73 Å². The van der Waals surface area contributed by atoms with E-state index < -0.39 is 0 Å². The summed E-state index contributed by atoms with van der Waals surface area (Å²) in [4.78, 5) is 10.7. The van der Waals surface area contributed by atoms with E-state index in [9.17, 15) is 4.79 Å². The van der Waals surface area contributed by atoms with Crippen LogP contribution in [0, 0.1) is 17.3 Å². The smallest absolute Gasteiger partial charge is 0.185 e. The summed E-state index contributed by atoms with van der Waals surface area (Å²) >= 11 is 1.28. The van der Waals surface area contributed by atoms with Gasteiger partial charge in [-0.1, -0.05) is 35.7 Å². The van der Waals surface area contributed by atoms with Crippen molar-refractivity contribution < 1.29 is 4.79 Å². The largest absolute Gasteiger partial charge is 0.384 e. The Morgan fingerprint density at radius 2 is 2.29 bits per heavy atom. The molecule has 0 unspecified atom stereocenters. The zero-order valence-corrected chi connectivity index (χ0v) is 10.4. The molecule has 17 heavy (non-hydrogen) atoms. The van der Waals surface area contributed by atoms with Gasteiger partial charge in [0.1, 0.15) is 5.84 Å². The van der Waals surface area contributed by atoms with Gasteiger partial charge in [-0.3, -0.25) is 10.2 Å². The molecule has 1 rings (SSSR count). The molecule has 0 saturated heterocycles. The van der Waals surface area contributed by atoms with Gasteiger partial charge in [0.25, 0.3) is 0 Å². The molecule has 0 aliphatic rings. The summed E-state index contributed by atoms with van der Waals surface area (Å²) in [5, 5.41) is 7.43. The summed E-state index contributed by atoms with van der Waals surface area (Å²) in [6, 6.07) is 7.26. The number of carbonyl (C=O) groups excluding carboxylic acids is 1. The Labute approximate surface area is 105 Å². The summed E-state index contributed by atoms with van der Waals surface area (Å²) in [7, 11) is 0. The van der Waals surface area contributed by atoms with Crippen LogP contribution in [0.15, 0.2) is 24.3 Å². The molecule has 3 nitrogen and oxygen atoms in total. The highest BCUT2D eigenvalue weighted by Gasteiger charge is 1.95. The minimum atomic E-state index is 0.0424. The fourth-order valence-electron chi connectivity index (χ4n) is 1.17. The van der Waals surface area contributed by atoms with Crippen LogP contribution in [0.25, 0.3) is 0 Å². The number of hydrogen-bond donors (Lipinski definition) is 2. The molecule has 1 aromatic carbocycles. The van der Waals surface area contributed by atoms with Crippen molar-refractivity contribution >= 4 is 22.7 Å². The molecule has 0 saturated carbocycles. The third-order valence-electron chi connectivity index (χ3n) is 1.94. The third kappa shape index (κ3) is 5.23. The Kier molecular flexibility index (Phi) is 5.31. The molecular weight excluding hydrogens is 232 g/mol. The van der Waals surface area contributed by atoms with Gasteiger partial charge < -0.3 is 5.73 Å². The van der Waals surface area contributed by atoms with Crippen LogP contribution in [0.5, 0.6) is 0 Å². The highest BCUT2D eigenvalue weighted by atomic mass is 32.2. The van der Waals surface area contributed by atoms with Gasteiger partial charge in [-0.25, -0.2) is 0 Å². The van der Waals surface area contributed by atoms with Crippen LogP contribution in [0.1, 0.15) is 24.5 Å². The predicted molar refractivity (Wildman–Crippen MR) is 72.1 cm³/mol. The van der Waals surface area contributed by atoms with E-state index in [1.54, 1.807) is 19.1 Å². The number of nitrogen functional groups attached to an aromatic ring is 1. The van der Waals surface area contributed by atoms with Crippen LogP contribution in [0.3, 0.4) is 0 Å². The molecule has 0 atom stereocenters. The fraction of sp³-hybridized carbons (Fsp3) is 0.231. The Morgan fingerprint density at radius 1 is 1.53 bits per heavy atom. The van der Waals surface area contributed by atoms with Crippen molar-refractivity contribution in [3.8, 4) is 11.8 Å². The lowest BCUT2D eigenvalue weighted by Gasteiger charge is -1.97. The van der Waals surface area contributed by atoms with Gasteiger partial charge >= 0.3 is 0 Å². The molecule has 0 heterocycles. The molecule has 0 bridgehead atoms. The second-order valence-corrected chi connectivity index (χ2v) is 4.66. The Bertz CT molecular complexity index is 486. The molecule has 3 N–H and O–H groups in total. The van der Waals surface area contributed by atoms with Crippen molar-refractivity contribution in [3.05, 3.63) is 35.4 Å². The molecule has 1 aromatic rings. The first-order valence-corrected chi connectivity index (χ1v) is 6.15. The highest BCUT2D eigenvalue weighted by Crippen LogP contribution is 2.04. The zero-order valence-electron chi connectivity index (χ0n) is 9.62. The second-order valence-electron chi connectivity index (χ2n) is 3.39. The molecule has 4 heteroatoms. The van der Waals surface area contributed by atoms with Gasteiger partial charge in [-0.15, -0.1) is 0 Å². The number of hydrogen-bond acceptors (Lipinski definition) is 3. The fourth-order valence-corrected chi connectivity index (χ4v) is 1.67. The molecule has 0 fully saturated rings. The normalized spacial score (nSPS) is 9.24. The molecule has 0 aliphatic heterocycles. The maximum Gasteiger partial charge on any atom is 0.185 e. The Hall–Kier alpha value is -1.73. The predicted octanol–water partition coefficient (Wildman–Crippen LogP) is 1.99. The van der Waals surface area contributed by atoms with Crippen molar-refractivity contribution in [1.82, 2.24) is 0 Å². The summed E-state index contributed by atoms with van der Waals surface area (Å²) < 4.78 is 0. The molecule has 88 valence electrons. The van der Waals surface area contributed by atoms with Gasteiger partial charge in [0, 0.05) is 30.2 Å². The second kappa shape index (κ2) is 6.77. The number of nitrogens with one attached hydrogen (secondary N) is 1. The van der Waals surface area contributed by atoms with Crippen LogP contribution in [0.2, 0.25) is 0 Å². The number of thioether (sulfide) groups is 1. The quantitative estimate of drug-likeness (QED) is 0.371. The van der Waals surface area contributed by atoms with E-state index in [-0.39, 0.29) is 11.0 Å². The topological polar surface area (TPSA) is 66.9 Å². The SMILES string of the molecule is CC(=O)SCCC#Cc1cccc(C(=N)N)c1. The first kappa shape index (κ1) is 13.3. The number of rotatable bonds is 3. The van der Waals surface area contributed by atoms with Gasteiger partial charge in [-0.05, 0) is 12.1 Å². The molecule has 0 aromatic heterocycles. The van der Waals surface area contributed by atoms with Crippen molar-refractivity contribution in [3.63, 3.8) is 0 Å². The summed E-state index contributed by atoms with van der Waals surface area (Å²) in [5.41, 5.74) is 6.90. The van der Waals surface area contributed by atoms with Crippen LogP contribution >= 0.6 is 11.8 Å². The van der Waals surface area contributed by atoms with Crippen LogP contribution < -0.4 is 5.73 Å². The molecule has 0 amide bonds. The van der Waals surface area contributed by atoms with Crippen LogP contribution in [-0.4, -0.2) is 16.7 Å². The number of amidine groups is 1. The zero-order chi connectivity index (χ0) is 12.7. The maximum absolute atomic E-state index is 10.7. The Balaban J connectivity index is 2.56. The van der Waals surface area contributed by atoms with Crippen molar-refractivity contribution in [2.45, 2.75) is 13.3 Å².